The van der Waals surface area contributed by atoms with Gasteiger partial charge in [0.25, 0.3) is 5.91 Å². The number of rotatable bonds is 4. The van der Waals surface area contributed by atoms with Crippen LogP contribution in [0.3, 0.4) is 0 Å². The van der Waals surface area contributed by atoms with Crippen LogP contribution in [0.15, 0.2) is 53.7 Å². The number of aromatic nitrogens is 2. The first-order valence-corrected chi connectivity index (χ1v) is 10.2. The van der Waals surface area contributed by atoms with E-state index in [0.717, 1.165) is 12.1 Å². The van der Waals surface area contributed by atoms with Crippen LogP contribution in [0.5, 0.6) is 0 Å². The van der Waals surface area contributed by atoms with Crippen molar-refractivity contribution in [2.45, 2.75) is 54.5 Å². The highest BCUT2D eigenvalue weighted by atomic mass is 16.1. The van der Waals surface area contributed by atoms with Gasteiger partial charge in [0.05, 0.1) is 12.2 Å². The van der Waals surface area contributed by atoms with E-state index in [4.69, 9.17) is 6.42 Å². The number of carbonyl (C=O) groups is 1. The number of aliphatic imine (C=N–C) groups is 1. The van der Waals surface area contributed by atoms with Gasteiger partial charge in [0, 0.05) is 26.7 Å². The predicted molar refractivity (Wildman–Crippen MR) is 130 cm³/mol. The molecule has 1 N–H and O–H groups in total. The van der Waals surface area contributed by atoms with Gasteiger partial charge in [0.1, 0.15) is 5.71 Å². The molecule has 1 heterocycles. The van der Waals surface area contributed by atoms with Gasteiger partial charge in [0.15, 0.2) is 0 Å². The fourth-order valence-corrected chi connectivity index (χ4v) is 1.89. The number of allylic oxidation sites excluding steroid dienone is 1. The van der Waals surface area contributed by atoms with E-state index in [0.29, 0.717) is 12.3 Å². The largest absolute Gasteiger partial charge is 0.345 e. The lowest BCUT2D eigenvalue weighted by Gasteiger charge is -2.02. The van der Waals surface area contributed by atoms with E-state index < -0.39 is 0 Å². The van der Waals surface area contributed by atoms with Crippen LogP contribution in [-0.4, -0.2) is 28.4 Å². The van der Waals surface area contributed by atoms with Crippen molar-refractivity contribution in [1.82, 2.24) is 15.1 Å². The second-order valence-electron chi connectivity index (χ2n) is 5.91. The number of nitrogens with zero attached hydrogens (tertiary/aromatic N) is 3. The van der Waals surface area contributed by atoms with Crippen molar-refractivity contribution in [1.29, 1.82) is 0 Å². The monoisotopic (exact) mass is 410 g/mol. The summed E-state index contributed by atoms with van der Waals surface area (Å²) in [5, 5.41) is 6.91. The average molecular weight is 411 g/mol. The van der Waals surface area contributed by atoms with Crippen LogP contribution in [0.4, 0.5) is 0 Å². The Kier molecular flexibility index (Phi) is 18.6. The molecule has 0 atom stereocenters. The van der Waals surface area contributed by atoms with Crippen molar-refractivity contribution in [2.75, 3.05) is 7.05 Å². The molecule has 0 saturated heterocycles. The molecule has 30 heavy (non-hydrogen) atoms. The molecule has 1 aromatic heterocycles. The minimum absolute atomic E-state index is 0.189. The van der Waals surface area contributed by atoms with Gasteiger partial charge in [-0.2, -0.15) is 5.10 Å². The summed E-state index contributed by atoms with van der Waals surface area (Å²) in [5.41, 5.74) is 3.98. The zero-order valence-electron chi connectivity index (χ0n) is 19.9. The van der Waals surface area contributed by atoms with Crippen molar-refractivity contribution in [3.05, 3.63) is 65.5 Å². The maximum absolute atomic E-state index is 11.6. The Morgan fingerprint density at radius 1 is 1.23 bits per heavy atom. The third kappa shape index (κ3) is 14.0. The minimum Gasteiger partial charge on any atom is -0.345 e. The van der Waals surface area contributed by atoms with E-state index in [9.17, 15) is 4.79 Å². The summed E-state index contributed by atoms with van der Waals surface area (Å²) >= 11 is 0. The predicted octanol–water partition coefficient (Wildman–Crippen LogP) is 5.04. The van der Waals surface area contributed by atoms with Crippen LogP contribution in [0.1, 0.15) is 50.9 Å². The Balaban J connectivity index is 0. The number of aryl methyl sites for hydroxylation is 3. The fraction of sp³-hybridized carbons (Fsp3) is 0.400. The van der Waals surface area contributed by atoms with Crippen molar-refractivity contribution in [2.24, 2.45) is 12.0 Å². The van der Waals surface area contributed by atoms with E-state index in [1.807, 2.05) is 47.0 Å². The lowest BCUT2D eigenvalue weighted by Crippen LogP contribution is -2.29. The highest BCUT2D eigenvalue weighted by Gasteiger charge is 2.07. The third-order valence-corrected chi connectivity index (χ3v) is 3.63. The van der Waals surface area contributed by atoms with Crippen LogP contribution < -0.4 is 5.32 Å². The maximum Gasteiger partial charge on any atom is 0.269 e. The van der Waals surface area contributed by atoms with Crippen LogP contribution in [0, 0.1) is 26.2 Å². The highest BCUT2D eigenvalue weighted by molar-refractivity contribution is 6.43. The zero-order chi connectivity index (χ0) is 23.4. The van der Waals surface area contributed by atoms with Gasteiger partial charge in [-0.1, -0.05) is 51.1 Å². The molecule has 0 saturated carbocycles. The van der Waals surface area contributed by atoms with Crippen molar-refractivity contribution in [3.63, 3.8) is 0 Å². The molecule has 1 amide bonds. The molecule has 0 aliphatic carbocycles. The van der Waals surface area contributed by atoms with Gasteiger partial charge in [-0.15, -0.1) is 12.3 Å². The molecule has 1 aromatic carbocycles. The van der Waals surface area contributed by atoms with Crippen LogP contribution in [0.2, 0.25) is 0 Å². The summed E-state index contributed by atoms with van der Waals surface area (Å²) in [6.45, 7) is 12.4. The zero-order valence-corrected chi connectivity index (χ0v) is 19.9. The highest BCUT2D eigenvalue weighted by Crippen LogP contribution is 2.02. The molecule has 5 nitrogen and oxygen atoms in total. The molecule has 0 bridgehead atoms. The summed E-state index contributed by atoms with van der Waals surface area (Å²) < 4.78 is 1.70. The summed E-state index contributed by atoms with van der Waals surface area (Å²) in [4.78, 5) is 15.5. The molecule has 5 heteroatoms. The first kappa shape index (κ1) is 29.1. The number of hydrogen-bond acceptors (Lipinski definition) is 3. The summed E-state index contributed by atoms with van der Waals surface area (Å²) in [6.07, 6.45) is 10.9. The van der Waals surface area contributed by atoms with E-state index in [-0.39, 0.29) is 5.91 Å². The molecule has 0 unspecified atom stereocenters. The standard InChI is InChI=1S/C11H16N4O.C8H10.C4H6.C2H6/c1-4-5-10(12-2)11(16)13-8-9-6-7-15(3)14-9;1-7-5-3-4-6-8(7)2;1-3-4-2;1-2/h4-7H,8H2,1-3H3,(H,13,16);3-6H,1-2H3;1H,4H2,2H3;1-2H3/b5-4-,12-10?;;;. The van der Waals surface area contributed by atoms with Gasteiger partial charge in [-0.3, -0.25) is 14.5 Å². The first-order valence-electron chi connectivity index (χ1n) is 10.2. The molecule has 2 aromatic rings. The summed E-state index contributed by atoms with van der Waals surface area (Å²) in [7, 11) is 3.43. The normalized spacial score (nSPS) is 9.77. The first-order chi connectivity index (χ1) is 14.4. The molecule has 0 radical (unpaired) electrons. The molecule has 0 aliphatic heterocycles. The van der Waals surface area contributed by atoms with Gasteiger partial charge in [0.2, 0.25) is 0 Å². The van der Waals surface area contributed by atoms with Crippen LogP contribution in [0.25, 0.3) is 0 Å². The second kappa shape index (κ2) is 19.2. The van der Waals surface area contributed by atoms with E-state index in [2.05, 4.69) is 59.4 Å². The summed E-state index contributed by atoms with van der Waals surface area (Å²) in [5.74, 6) is 2.24. The SMILES string of the molecule is C#CCC.C/C=C\C(=NC)C(=O)NCc1ccn(C)n1.CC.Cc1ccccc1C. The number of terminal acetylenes is 1. The Bertz CT molecular complexity index is 790. The Morgan fingerprint density at radius 2 is 1.77 bits per heavy atom. The van der Waals surface area contributed by atoms with Gasteiger partial charge in [-0.05, 0) is 44.0 Å². The number of benzene rings is 1. The molecule has 2 rings (SSSR count). The van der Waals surface area contributed by atoms with Gasteiger partial charge in [-0.25, -0.2) is 0 Å². The minimum atomic E-state index is -0.189. The van der Waals surface area contributed by atoms with Crippen molar-refractivity contribution >= 4 is 11.6 Å². The number of carbonyl (C=O) groups excluding carboxylic acids is 1. The van der Waals surface area contributed by atoms with Crippen molar-refractivity contribution < 1.29 is 4.79 Å². The average Bonchev–Trinajstić information content (AvgIpc) is 3.19. The Morgan fingerprint density at radius 3 is 2.10 bits per heavy atom. The number of hydrogen-bond donors (Lipinski definition) is 1. The Hall–Kier alpha value is -3.13. The molecule has 0 fully saturated rings. The van der Waals surface area contributed by atoms with Crippen molar-refractivity contribution in [3.8, 4) is 12.3 Å². The third-order valence-electron chi connectivity index (χ3n) is 3.63. The summed E-state index contributed by atoms with van der Waals surface area (Å²) in [6, 6.07) is 10.2. The Labute approximate surface area is 183 Å². The molecule has 164 valence electrons. The van der Waals surface area contributed by atoms with Crippen LogP contribution >= 0.6 is 0 Å². The molecule has 0 aliphatic rings. The van der Waals surface area contributed by atoms with E-state index in [1.54, 1.807) is 23.9 Å². The number of nitrogens with one attached hydrogen (secondary N) is 1. The molecular formula is C25H38N4O. The number of amides is 1. The van der Waals surface area contributed by atoms with E-state index >= 15 is 0 Å². The molecule has 0 spiro atoms. The quantitative estimate of drug-likeness (QED) is 0.567. The second-order valence-corrected chi connectivity index (χ2v) is 5.91. The smallest absolute Gasteiger partial charge is 0.269 e. The van der Waals surface area contributed by atoms with E-state index in [1.165, 1.54) is 11.1 Å². The van der Waals surface area contributed by atoms with Gasteiger partial charge < -0.3 is 5.32 Å². The maximum atomic E-state index is 11.6. The fourth-order valence-electron chi connectivity index (χ4n) is 1.89. The topological polar surface area (TPSA) is 59.3 Å². The lowest BCUT2D eigenvalue weighted by molar-refractivity contribution is -0.114. The van der Waals surface area contributed by atoms with Crippen LogP contribution in [-0.2, 0) is 18.4 Å². The lowest BCUT2D eigenvalue weighted by atomic mass is 10.1. The molecular weight excluding hydrogens is 372 g/mol. The van der Waals surface area contributed by atoms with Gasteiger partial charge >= 0.3 is 0 Å².